The van der Waals surface area contributed by atoms with Crippen molar-refractivity contribution in [2.75, 3.05) is 20.0 Å². The zero-order valence-corrected chi connectivity index (χ0v) is 18.9. The second-order valence-corrected chi connectivity index (χ2v) is 9.33. The molecule has 10 heteroatoms. The van der Waals surface area contributed by atoms with Crippen molar-refractivity contribution in [1.82, 2.24) is 10.6 Å². The number of ether oxygens (including phenoxy) is 2. The van der Waals surface area contributed by atoms with E-state index in [9.17, 15) is 23.1 Å². The Kier molecular flexibility index (Phi) is 6.45. The van der Waals surface area contributed by atoms with Crippen molar-refractivity contribution < 1.29 is 32.6 Å². The van der Waals surface area contributed by atoms with E-state index in [-0.39, 0.29) is 27.7 Å². The molecule has 2 aromatic rings. The van der Waals surface area contributed by atoms with Crippen LogP contribution in [-0.2, 0) is 19.4 Å². The Bertz CT molecular complexity index is 1220. The number of carbonyl (C=O) groups excluding carboxylic acids is 2. The van der Waals surface area contributed by atoms with Crippen molar-refractivity contribution in [1.29, 1.82) is 0 Å². The van der Waals surface area contributed by atoms with Gasteiger partial charge in [0, 0.05) is 5.70 Å². The number of rotatable bonds is 6. The van der Waals surface area contributed by atoms with Gasteiger partial charge in [-0.3, -0.25) is 0 Å². The topological polar surface area (TPSA) is 131 Å². The van der Waals surface area contributed by atoms with Crippen molar-refractivity contribution in [3.8, 4) is 11.5 Å². The fraction of sp³-hybridized carbons (Fsp3) is 0.273. The number of urea groups is 1. The minimum atomic E-state index is -3.90. The van der Waals surface area contributed by atoms with Crippen LogP contribution in [0, 0.1) is 13.8 Å². The second-order valence-electron chi connectivity index (χ2n) is 7.37. The number of nitrogens with one attached hydrogen (secondary N) is 2. The van der Waals surface area contributed by atoms with Crippen LogP contribution < -0.4 is 15.4 Å². The van der Waals surface area contributed by atoms with Crippen LogP contribution in [0.3, 0.4) is 0 Å². The first-order valence-electron chi connectivity index (χ1n) is 9.63. The minimum absolute atomic E-state index is 0.0619. The number of benzene rings is 2. The molecule has 3 rings (SSSR count). The quantitative estimate of drug-likeness (QED) is 0.564. The maximum Gasteiger partial charge on any atom is 0.338 e. The number of phenolic OH excluding ortho intramolecular Hbond substituents is 1. The average molecular weight is 461 g/mol. The first-order chi connectivity index (χ1) is 15.1. The van der Waals surface area contributed by atoms with Crippen LogP contribution in [0.5, 0.6) is 11.5 Å². The molecule has 0 aliphatic carbocycles. The van der Waals surface area contributed by atoms with E-state index in [1.807, 2.05) is 6.92 Å². The van der Waals surface area contributed by atoms with Crippen molar-refractivity contribution in [3.63, 3.8) is 0 Å². The Morgan fingerprint density at radius 3 is 2.47 bits per heavy atom. The van der Waals surface area contributed by atoms with Gasteiger partial charge in [-0.2, -0.15) is 0 Å². The van der Waals surface area contributed by atoms with E-state index in [1.165, 1.54) is 31.4 Å². The Morgan fingerprint density at radius 2 is 1.84 bits per heavy atom. The first kappa shape index (κ1) is 23.1. The number of carbonyl (C=O) groups is 2. The van der Waals surface area contributed by atoms with Crippen LogP contribution in [0.15, 0.2) is 52.6 Å². The molecular formula is C22H24N2O7S. The number of amides is 2. The van der Waals surface area contributed by atoms with E-state index < -0.39 is 33.6 Å². The normalized spacial score (nSPS) is 16.2. The number of methoxy groups -OCH3 is 2. The summed E-state index contributed by atoms with van der Waals surface area (Å²) in [7, 11) is -1.38. The molecule has 1 heterocycles. The van der Waals surface area contributed by atoms with Gasteiger partial charge < -0.3 is 25.2 Å². The molecule has 2 aromatic carbocycles. The summed E-state index contributed by atoms with van der Waals surface area (Å²) in [6.45, 7) is 3.53. The van der Waals surface area contributed by atoms with E-state index in [2.05, 4.69) is 10.6 Å². The number of aromatic hydroxyl groups is 1. The fourth-order valence-electron chi connectivity index (χ4n) is 3.62. The molecule has 0 radical (unpaired) electrons. The van der Waals surface area contributed by atoms with E-state index in [0.29, 0.717) is 11.1 Å². The summed E-state index contributed by atoms with van der Waals surface area (Å²) in [6.07, 6.45) is 0. The van der Waals surface area contributed by atoms with E-state index in [0.717, 1.165) is 12.7 Å². The van der Waals surface area contributed by atoms with Gasteiger partial charge in [-0.1, -0.05) is 23.8 Å². The van der Waals surface area contributed by atoms with E-state index in [4.69, 9.17) is 9.47 Å². The van der Waals surface area contributed by atoms with Crippen molar-refractivity contribution in [3.05, 3.63) is 64.4 Å². The molecule has 2 amide bonds. The highest BCUT2D eigenvalue weighted by Crippen LogP contribution is 2.34. The van der Waals surface area contributed by atoms with Crippen molar-refractivity contribution in [2.24, 2.45) is 0 Å². The summed E-state index contributed by atoms with van der Waals surface area (Å²) in [5, 5.41) is 14.9. The van der Waals surface area contributed by atoms with Crippen molar-refractivity contribution >= 4 is 21.8 Å². The van der Waals surface area contributed by atoms with Crippen LogP contribution in [0.2, 0.25) is 0 Å². The molecule has 0 fully saturated rings. The molecule has 0 aromatic heterocycles. The van der Waals surface area contributed by atoms with Crippen LogP contribution in [0.25, 0.3) is 0 Å². The standard InChI is InChI=1S/C22H24N2O7S/c1-12-5-8-18(13(2)9-12)32(28,29)11-15-19(21(26)31-4)20(24-22(27)23-15)14-6-7-16(25)17(10-14)30-3/h5-10,20,25H,11H2,1-4H3,(H2,23,24,27)/t20-/m0/s1. The monoisotopic (exact) mass is 460 g/mol. The van der Waals surface area contributed by atoms with E-state index in [1.54, 1.807) is 19.1 Å². The average Bonchev–Trinajstić information content (AvgIpc) is 2.72. The highest BCUT2D eigenvalue weighted by molar-refractivity contribution is 7.91. The van der Waals surface area contributed by atoms with E-state index >= 15 is 0 Å². The summed E-state index contributed by atoms with van der Waals surface area (Å²) < 4.78 is 36.3. The largest absolute Gasteiger partial charge is 0.504 e. The lowest BCUT2D eigenvalue weighted by molar-refractivity contribution is -0.136. The molecule has 1 aliphatic heterocycles. The van der Waals surface area contributed by atoms with Gasteiger partial charge in [0.05, 0.1) is 36.5 Å². The van der Waals surface area contributed by atoms with Gasteiger partial charge in [0.25, 0.3) is 0 Å². The van der Waals surface area contributed by atoms with Crippen LogP contribution >= 0.6 is 0 Å². The number of hydrogen-bond acceptors (Lipinski definition) is 7. The molecule has 0 saturated carbocycles. The molecule has 3 N–H and O–H groups in total. The molecule has 9 nitrogen and oxygen atoms in total. The maximum absolute atomic E-state index is 13.2. The maximum atomic E-state index is 13.2. The van der Waals surface area contributed by atoms with Crippen LogP contribution in [-0.4, -0.2) is 45.5 Å². The third-order valence-corrected chi connectivity index (χ3v) is 6.89. The van der Waals surface area contributed by atoms with Gasteiger partial charge in [-0.05, 0) is 43.2 Å². The Morgan fingerprint density at radius 1 is 1.12 bits per heavy atom. The highest BCUT2D eigenvalue weighted by Gasteiger charge is 2.36. The summed E-state index contributed by atoms with van der Waals surface area (Å²) >= 11 is 0. The predicted octanol–water partition coefficient (Wildman–Crippen LogP) is 2.27. The number of sulfone groups is 1. The molecule has 0 saturated heterocycles. The number of aryl methyl sites for hydroxylation is 2. The molecule has 0 unspecified atom stereocenters. The van der Waals surface area contributed by atoms with Crippen LogP contribution in [0.1, 0.15) is 22.7 Å². The Balaban J connectivity index is 2.13. The second kappa shape index (κ2) is 8.91. The zero-order valence-electron chi connectivity index (χ0n) is 18.1. The molecule has 170 valence electrons. The number of hydrogen-bond donors (Lipinski definition) is 3. The molecule has 0 bridgehead atoms. The van der Waals surface area contributed by atoms with Gasteiger partial charge in [0.2, 0.25) is 0 Å². The van der Waals surface area contributed by atoms with Gasteiger partial charge in [-0.15, -0.1) is 0 Å². The third-order valence-electron chi connectivity index (χ3n) is 5.10. The lowest BCUT2D eigenvalue weighted by Crippen LogP contribution is -2.47. The Hall–Kier alpha value is -3.53. The summed E-state index contributed by atoms with van der Waals surface area (Å²) in [6, 6.07) is 7.53. The van der Waals surface area contributed by atoms with Crippen molar-refractivity contribution in [2.45, 2.75) is 24.8 Å². The van der Waals surface area contributed by atoms with Gasteiger partial charge >= 0.3 is 12.0 Å². The molecule has 1 aliphatic rings. The smallest absolute Gasteiger partial charge is 0.338 e. The lowest BCUT2D eigenvalue weighted by Gasteiger charge is -2.29. The molecule has 0 spiro atoms. The van der Waals surface area contributed by atoms with Gasteiger partial charge in [0.15, 0.2) is 21.3 Å². The first-order valence-corrected chi connectivity index (χ1v) is 11.3. The number of esters is 1. The summed E-state index contributed by atoms with van der Waals surface area (Å²) in [5.41, 5.74) is 1.72. The number of phenols is 1. The van der Waals surface area contributed by atoms with Gasteiger partial charge in [0.1, 0.15) is 0 Å². The molecule has 1 atom stereocenters. The summed E-state index contributed by atoms with van der Waals surface area (Å²) in [5.74, 6) is -1.41. The predicted molar refractivity (Wildman–Crippen MR) is 116 cm³/mol. The fourth-order valence-corrected chi connectivity index (χ4v) is 5.21. The zero-order chi connectivity index (χ0) is 23.6. The minimum Gasteiger partial charge on any atom is -0.504 e. The Labute approximate surface area is 186 Å². The molecule has 32 heavy (non-hydrogen) atoms. The van der Waals surface area contributed by atoms with Crippen LogP contribution in [0.4, 0.5) is 4.79 Å². The summed E-state index contributed by atoms with van der Waals surface area (Å²) in [4.78, 5) is 25.2. The molecular weight excluding hydrogens is 436 g/mol. The SMILES string of the molecule is COC(=O)C1=C(CS(=O)(=O)c2ccc(C)cc2C)NC(=O)N[C@H]1c1ccc(O)c(OC)c1. The third kappa shape index (κ3) is 4.54. The lowest BCUT2D eigenvalue weighted by atomic mass is 9.95. The highest BCUT2D eigenvalue weighted by atomic mass is 32.2. The van der Waals surface area contributed by atoms with Gasteiger partial charge in [-0.25, -0.2) is 18.0 Å².